The summed E-state index contributed by atoms with van der Waals surface area (Å²) >= 11 is 0. The Kier molecular flexibility index (Phi) is 4.08. The third kappa shape index (κ3) is 2.81. The van der Waals surface area contributed by atoms with E-state index >= 15 is 0 Å². The summed E-state index contributed by atoms with van der Waals surface area (Å²) in [5.41, 5.74) is 9.99. The minimum atomic E-state index is -0.482. The summed E-state index contributed by atoms with van der Waals surface area (Å²) in [6, 6.07) is 31.4. The Morgan fingerprint density at radius 3 is 1.41 bits per heavy atom. The minimum absolute atomic E-state index is 0.109. The second kappa shape index (κ2) is 6.17. The highest BCUT2D eigenvalue weighted by Gasteiger charge is 2.34. The van der Waals surface area contributed by atoms with Crippen LogP contribution in [-0.2, 0) is 5.54 Å². The predicted molar refractivity (Wildman–Crippen MR) is 92.7 cm³/mol. The highest BCUT2D eigenvalue weighted by molar-refractivity contribution is 5.40. The van der Waals surface area contributed by atoms with Gasteiger partial charge in [0, 0.05) is 11.5 Å². The average Bonchev–Trinajstić information content (AvgIpc) is 2.58. The van der Waals surface area contributed by atoms with E-state index in [2.05, 4.69) is 67.6 Å². The molecule has 110 valence electrons. The molecule has 0 bridgehead atoms. The number of nitrogens with two attached hydrogens (primary N) is 1. The van der Waals surface area contributed by atoms with Crippen molar-refractivity contribution >= 4 is 0 Å². The fourth-order valence-corrected chi connectivity index (χ4v) is 3.14. The summed E-state index contributed by atoms with van der Waals surface area (Å²) in [5, 5.41) is 0. The van der Waals surface area contributed by atoms with Crippen molar-refractivity contribution in [1.82, 2.24) is 0 Å². The highest BCUT2D eigenvalue weighted by Crippen LogP contribution is 2.39. The van der Waals surface area contributed by atoms with Crippen molar-refractivity contribution in [3.8, 4) is 0 Å². The Morgan fingerprint density at radius 1 is 0.636 bits per heavy atom. The second-order valence-corrected chi connectivity index (χ2v) is 5.90. The third-order valence-corrected chi connectivity index (χ3v) is 4.26. The Morgan fingerprint density at radius 2 is 1.00 bits per heavy atom. The Hall–Kier alpha value is -2.38. The molecule has 1 nitrogen and oxygen atoms in total. The van der Waals surface area contributed by atoms with Crippen molar-refractivity contribution in [3.05, 3.63) is 108 Å². The van der Waals surface area contributed by atoms with E-state index in [1.807, 2.05) is 30.3 Å². The van der Waals surface area contributed by atoms with E-state index < -0.39 is 5.54 Å². The maximum atomic E-state index is 6.85. The SMILES string of the molecule is CC(N)(c1ccccc1)C(c1ccccc1)c1ccccc1. The maximum absolute atomic E-state index is 6.85. The van der Waals surface area contributed by atoms with Crippen LogP contribution in [0.1, 0.15) is 29.5 Å². The van der Waals surface area contributed by atoms with Gasteiger partial charge in [-0.05, 0) is 23.6 Å². The predicted octanol–water partition coefficient (Wildman–Crippen LogP) is 4.69. The molecule has 3 aromatic carbocycles. The first-order valence-corrected chi connectivity index (χ1v) is 7.64. The minimum Gasteiger partial charge on any atom is -0.321 e. The summed E-state index contributed by atoms with van der Waals surface area (Å²) < 4.78 is 0. The van der Waals surface area contributed by atoms with E-state index in [1.54, 1.807) is 0 Å². The van der Waals surface area contributed by atoms with Crippen LogP contribution in [-0.4, -0.2) is 0 Å². The van der Waals surface area contributed by atoms with Crippen molar-refractivity contribution in [2.45, 2.75) is 18.4 Å². The molecule has 1 heteroatoms. The molecule has 0 saturated heterocycles. The zero-order chi connectivity index (χ0) is 15.4. The molecular formula is C21H21N. The Labute approximate surface area is 132 Å². The quantitative estimate of drug-likeness (QED) is 0.740. The van der Waals surface area contributed by atoms with Crippen LogP contribution in [0.25, 0.3) is 0 Å². The third-order valence-electron chi connectivity index (χ3n) is 4.26. The van der Waals surface area contributed by atoms with Crippen LogP contribution in [0.15, 0.2) is 91.0 Å². The van der Waals surface area contributed by atoms with Gasteiger partial charge in [-0.25, -0.2) is 0 Å². The van der Waals surface area contributed by atoms with Gasteiger partial charge in [0.05, 0.1) is 0 Å². The number of hydrogen-bond donors (Lipinski definition) is 1. The zero-order valence-electron chi connectivity index (χ0n) is 12.8. The topological polar surface area (TPSA) is 26.0 Å². The van der Waals surface area contributed by atoms with E-state index in [4.69, 9.17) is 5.73 Å². The Balaban J connectivity index is 2.14. The molecule has 3 aromatic rings. The standard InChI is InChI=1S/C21H21N/c1-21(22,19-15-9-4-10-16-19)20(17-11-5-2-6-12-17)18-13-7-3-8-14-18/h2-16,20H,22H2,1H3. The van der Waals surface area contributed by atoms with Crippen molar-refractivity contribution in [2.24, 2.45) is 5.73 Å². The second-order valence-electron chi connectivity index (χ2n) is 5.90. The van der Waals surface area contributed by atoms with Crippen molar-refractivity contribution in [2.75, 3.05) is 0 Å². The van der Waals surface area contributed by atoms with Gasteiger partial charge in [-0.3, -0.25) is 0 Å². The van der Waals surface area contributed by atoms with E-state index in [9.17, 15) is 0 Å². The van der Waals surface area contributed by atoms with E-state index in [0.717, 1.165) is 5.56 Å². The fraction of sp³-hybridized carbons (Fsp3) is 0.143. The lowest BCUT2D eigenvalue weighted by Crippen LogP contribution is -2.40. The number of benzene rings is 3. The van der Waals surface area contributed by atoms with Crippen LogP contribution in [0.5, 0.6) is 0 Å². The lowest BCUT2D eigenvalue weighted by atomic mass is 9.73. The van der Waals surface area contributed by atoms with Gasteiger partial charge >= 0.3 is 0 Å². The Bertz CT molecular complexity index is 663. The van der Waals surface area contributed by atoms with Gasteiger partial charge in [0.1, 0.15) is 0 Å². The van der Waals surface area contributed by atoms with Crippen LogP contribution < -0.4 is 5.73 Å². The normalized spacial score (nSPS) is 13.8. The molecule has 22 heavy (non-hydrogen) atoms. The molecular weight excluding hydrogens is 266 g/mol. The van der Waals surface area contributed by atoms with Crippen LogP contribution >= 0.6 is 0 Å². The molecule has 0 aliphatic carbocycles. The highest BCUT2D eigenvalue weighted by atomic mass is 14.7. The zero-order valence-corrected chi connectivity index (χ0v) is 12.8. The smallest absolute Gasteiger partial charge is 0.0491 e. The monoisotopic (exact) mass is 287 g/mol. The van der Waals surface area contributed by atoms with E-state index in [1.165, 1.54) is 11.1 Å². The van der Waals surface area contributed by atoms with Gasteiger partial charge in [-0.15, -0.1) is 0 Å². The van der Waals surface area contributed by atoms with Gasteiger partial charge in [-0.2, -0.15) is 0 Å². The molecule has 0 spiro atoms. The van der Waals surface area contributed by atoms with Gasteiger partial charge in [0.15, 0.2) is 0 Å². The number of rotatable bonds is 4. The van der Waals surface area contributed by atoms with Gasteiger partial charge < -0.3 is 5.73 Å². The van der Waals surface area contributed by atoms with Crippen LogP contribution in [0.2, 0.25) is 0 Å². The van der Waals surface area contributed by atoms with Crippen LogP contribution in [0.3, 0.4) is 0 Å². The first-order valence-electron chi connectivity index (χ1n) is 7.64. The van der Waals surface area contributed by atoms with Crippen LogP contribution in [0, 0.1) is 0 Å². The largest absolute Gasteiger partial charge is 0.321 e. The molecule has 0 saturated carbocycles. The molecule has 0 heterocycles. The molecule has 2 N–H and O–H groups in total. The van der Waals surface area contributed by atoms with Gasteiger partial charge in [0.25, 0.3) is 0 Å². The summed E-state index contributed by atoms with van der Waals surface area (Å²) in [5.74, 6) is 0.109. The van der Waals surface area contributed by atoms with Crippen molar-refractivity contribution < 1.29 is 0 Å². The molecule has 1 atom stereocenters. The molecule has 1 unspecified atom stereocenters. The molecule has 0 aromatic heterocycles. The van der Waals surface area contributed by atoms with E-state index in [0.29, 0.717) is 0 Å². The van der Waals surface area contributed by atoms with Gasteiger partial charge in [-0.1, -0.05) is 91.0 Å². The molecule has 0 amide bonds. The molecule has 0 aliphatic rings. The summed E-state index contributed by atoms with van der Waals surface area (Å²) in [7, 11) is 0. The summed E-state index contributed by atoms with van der Waals surface area (Å²) in [6.07, 6.45) is 0. The lowest BCUT2D eigenvalue weighted by Gasteiger charge is -2.35. The van der Waals surface area contributed by atoms with E-state index in [-0.39, 0.29) is 5.92 Å². The molecule has 0 radical (unpaired) electrons. The molecule has 0 fully saturated rings. The van der Waals surface area contributed by atoms with Crippen molar-refractivity contribution in [1.29, 1.82) is 0 Å². The fourth-order valence-electron chi connectivity index (χ4n) is 3.14. The first kappa shape index (κ1) is 14.6. The number of hydrogen-bond acceptors (Lipinski definition) is 1. The van der Waals surface area contributed by atoms with Crippen LogP contribution in [0.4, 0.5) is 0 Å². The molecule has 3 rings (SSSR count). The van der Waals surface area contributed by atoms with Gasteiger partial charge in [0.2, 0.25) is 0 Å². The average molecular weight is 287 g/mol. The molecule has 0 aliphatic heterocycles. The lowest BCUT2D eigenvalue weighted by molar-refractivity contribution is 0.432. The first-order chi connectivity index (χ1) is 10.7. The van der Waals surface area contributed by atoms with Crippen molar-refractivity contribution in [3.63, 3.8) is 0 Å². The maximum Gasteiger partial charge on any atom is 0.0491 e. The summed E-state index contributed by atoms with van der Waals surface area (Å²) in [4.78, 5) is 0. The summed E-state index contributed by atoms with van der Waals surface area (Å²) in [6.45, 7) is 2.12.